The van der Waals surface area contributed by atoms with Crippen LogP contribution in [0.1, 0.15) is 11.1 Å². The molecule has 11 heavy (non-hydrogen) atoms. The first kappa shape index (κ1) is 6.40. The van der Waals surface area contributed by atoms with Crippen molar-refractivity contribution in [1.29, 1.82) is 0 Å². The van der Waals surface area contributed by atoms with Gasteiger partial charge >= 0.3 is 0 Å². The Morgan fingerprint density at radius 1 is 1.45 bits per heavy atom. The lowest BCUT2D eigenvalue weighted by molar-refractivity contribution is 1.11. The van der Waals surface area contributed by atoms with Crippen molar-refractivity contribution in [2.45, 2.75) is 6.54 Å². The number of hydrogen-bond acceptors (Lipinski definition) is 1. The molecular formula is C9H9N2-. The van der Waals surface area contributed by atoms with E-state index in [0.29, 0.717) is 0 Å². The summed E-state index contributed by atoms with van der Waals surface area (Å²) >= 11 is 0. The number of nitrogens with zero attached hydrogens (tertiary/aromatic N) is 2. The maximum atomic E-state index is 4.16. The standard InChI is InChI=1S/C9H9N2/c1-10-9-3-2-7-5-11-6-8(7)4-9/h2-4,6H,5H2,1H3/q-1. The summed E-state index contributed by atoms with van der Waals surface area (Å²) in [5.41, 5.74) is 3.54. The quantitative estimate of drug-likeness (QED) is 0.579. The van der Waals surface area contributed by atoms with Crippen LogP contribution < -0.4 is 0 Å². The van der Waals surface area contributed by atoms with Crippen molar-refractivity contribution < 1.29 is 0 Å². The molecule has 0 spiro atoms. The predicted molar refractivity (Wildman–Crippen MR) is 46.7 cm³/mol. The minimum Gasteiger partial charge on any atom is -0.687 e. The summed E-state index contributed by atoms with van der Waals surface area (Å²) in [6.45, 7) is 0.833. The highest BCUT2D eigenvalue weighted by molar-refractivity contribution is 5.86. The normalized spacial score (nSPS) is 13.2. The molecule has 1 heterocycles. The van der Waals surface area contributed by atoms with Crippen LogP contribution in [0.5, 0.6) is 0 Å². The third-order valence-corrected chi connectivity index (χ3v) is 1.88. The fraction of sp³-hybridized carbons (Fsp3) is 0.222. The Morgan fingerprint density at radius 3 is 3.18 bits per heavy atom. The minimum absolute atomic E-state index is 0.833. The van der Waals surface area contributed by atoms with Crippen molar-refractivity contribution in [2.24, 2.45) is 4.99 Å². The Balaban J connectivity index is 2.47. The van der Waals surface area contributed by atoms with Crippen molar-refractivity contribution in [2.75, 3.05) is 7.05 Å². The van der Waals surface area contributed by atoms with Gasteiger partial charge in [-0.3, -0.25) is 4.99 Å². The molecule has 0 saturated carbocycles. The topological polar surface area (TPSA) is 26.5 Å². The second-order valence-electron chi connectivity index (χ2n) is 2.58. The van der Waals surface area contributed by atoms with E-state index < -0.39 is 0 Å². The molecule has 0 amide bonds. The van der Waals surface area contributed by atoms with Gasteiger partial charge in [-0.15, -0.1) is 12.7 Å². The third-order valence-electron chi connectivity index (χ3n) is 1.88. The lowest BCUT2D eigenvalue weighted by Gasteiger charge is -2.13. The fourth-order valence-electron chi connectivity index (χ4n) is 1.23. The number of hydrogen-bond donors (Lipinski definition) is 0. The maximum absolute atomic E-state index is 4.16. The number of fused-ring (bicyclic) bond motifs is 1. The van der Waals surface area contributed by atoms with Crippen LogP contribution in [-0.4, -0.2) is 13.3 Å². The van der Waals surface area contributed by atoms with Gasteiger partial charge in [-0.2, -0.15) is 0 Å². The molecule has 2 rings (SSSR count). The van der Waals surface area contributed by atoms with Crippen LogP contribution in [0.25, 0.3) is 5.32 Å². The SMILES string of the molecule is C[N-]c1ccc2c(c1)C=NC2. The van der Waals surface area contributed by atoms with Gasteiger partial charge in [0.1, 0.15) is 0 Å². The summed E-state index contributed by atoms with van der Waals surface area (Å²) < 4.78 is 0. The van der Waals surface area contributed by atoms with Crippen LogP contribution in [0.4, 0.5) is 5.69 Å². The predicted octanol–water partition coefficient (Wildman–Crippen LogP) is 2.25. The second-order valence-corrected chi connectivity index (χ2v) is 2.58. The summed E-state index contributed by atoms with van der Waals surface area (Å²) in [6, 6.07) is 6.17. The van der Waals surface area contributed by atoms with E-state index in [1.54, 1.807) is 7.05 Å². The Hall–Kier alpha value is -1.31. The van der Waals surface area contributed by atoms with Crippen LogP contribution >= 0.6 is 0 Å². The van der Waals surface area contributed by atoms with E-state index in [1.165, 1.54) is 11.1 Å². The first-order valence-corrected chi connectivity index (χ1v) is 3.63. The molecule has 0 fully saturated rings. The molecule has 1 aromatic rings. The third kappa shape index (κ3) is 1.00. The molecule has 56 valence electrons. The smallest absolute Gasteiger partial charge is 0.0646 e. The first-order valence-electron chi connectivity index (χ1n) is 3.63. The Labute approximate surface area is 66.0 Å². The molecule has 0 aromatic heterocycles. The fourth-order valence-corrected chi connectivity index (χ4v) is 1.23. The summed E-state index contributed by atoms with van der Waals surface area (Å²) in [4.78, 5) is 4.16. The number of aliphatic imine (C=N–C) groups is 1. The van der Waals surface area contributed by atoms with Crippen LogP contribution in [0.15, 0.2) is 23.2 Å². The number of rotatable bonds is 1. The Bertz CT molecular complexity index is 302. The van der Waals surface area contributed by atoms with Crippen molar-refractivity contribution in [3.8, 4) is 0 Å². The molecule has 0 N–H and O–H groups in total. The van der Waals surface area contributed by atoms with Crippen molar-refractivity contribution in [3.63, 3.8) is 0 Å². The molecule has 2 nitrogen and oxygen atoms in total. The molecule has 0 saturated heterocycles. The molecule has 0 bridgehead atoms. The van der Waals surface area contributed by atoms with E-state index in [9.17, 15) is 0 Å². The monoisotopic (exact) mass is 145 g/mol. The van der Waals surface area contributed by atoms with E-state index in [-0.39, 0.29) is 0 Å². The highest BCUT2D eigenvalue weighted by atomic mass is 14.8. The molecule has 0 unspecified atom stereocenters. The molecule has 2 heteroatoms. The van der Waals surface area contributed by atoms with Gasteiger partial charge in [0.2, 0.25) is 0 Å². The molecule has 0 aliphatic carbocycles. The van der Waals surface area contributed by atoms with Gasteiger partial charge in [-0.05, 0) is 11.1 Å². The van der Waals surface area contributed by atoms with E-state index in [4.69, 9.17) is 0 Å². The Kier molecular flexibility index (Phi) is 1.39. The Morgan fingerprint density at radius 2 is 2.36 bits per heavy atom. The molecule has 0 radical (unpaired) electrons. The average molecular weight is 145 g/mol. The van der Waals surface area contributed by atoms with Gasteiger partial charge in [0.25, 0.3) is 0 Å². The van der Waals surface area contributed by atoms with Crippen LogP contribution in [0.2, 0.25) is 0 Å². The number of benzene rings is 1. The van der Waals surface area contributed by atoms with Gasteiger partial charge in [-0.25, -0.2) is 0 Å². The van der Waals surface area contributed by atoms with Gasteiger partial charge in [0.05, 0.1) is 6.54 Å². The van der Waals surface area contributed by atoms with Crippen molar-refractivity contribution >= 4 is 11.9 Å². The lowest BCUT2D eigenvalue weighted by atomic mass is 10.1. The highest BCUT2D eigenvalue weighted by Crippen LogP contribution is 2.22. The van der Waals surface area contributed by atoms with Crippen LogP contribution in [-0.2, 0) is 6.54 Å². The lowest BCUT2D eigenvalue weighted by Crippen LogP contribution is -1.81. The van der Waals surface area contributed by atoms with Gasteiger partial charge < -0.3 is 5.32 Å². The molecule has 1 aliphatic rings. The van der Waals surface area contributed by atoms with Gasteiger partial charge in [0.15, 0.2) is 0 Å². The van der Waals surface area contributed by atoms with Gasteiger partial charge in [-0.1, -0.05) is 18.2 Å². The second kappa shape index (κ2) is 2.38. The molecular weight excluding hydrogens is 136 g/mol. The largest absolute Gasteiger partial charge is 0.687 e. The zero-order chi connectivity index (χ0) is 7.68. The molecule has 0 atom stereocenters. The van der Waals surface area contributed by atoms with E-state index >= 15 is 0 Å². The molecule has 1 aromatic carbocycles. The van der Waals surface area contributed by atoms with Crippen LogP contribution in [0.3, 0.4) is 0 Å². The first-order chi connectivity index (χ1) is 5.40. The van der Waals surface area contributed by atoms with E-state index in [2.05, 4.69) is 22.4 Å². The van der Waals surface area contributed by atoms with Crippen molar-refractivity contribution in [3.05, 3.63) is 34.6 Å². The summed E-state index contributed by atoms with van der Waals surface area (Å²) in [5, 5.41) is 4.09. The maximum Gasteiger partial charge on any atom is 0.0646 e. The highest BCUT2D eigenvalue weighted by Gasteiger charge is 2.02. The van der Waals surface area contributed by atoms with Crippen molar-refractivity contribution in [1.82, 2.24) is 0 Å². The zero-order valence-electron chi connectivity index (χ0n) is 6.41. The van der Waals surface area contributed by atoms with E-state index in [1.807, 2.05) is 12.3 Å². The average Bonchev–Trinajstić information content (AvgIpc) is 2.50. The summed E-state index contributed by atoms with van der Waals surface area (Å²) in [6.07, 6.45) is 1.91. The molecule has 1 aliphatic heterocycles. The van der Waals surface area contributed by atoms with Crippen LogP contribution in [0, 0.1) is 0 Å². The summed E-state index contributed by atoms with van der Waals surface area (Å²) in [7, 11) is 1.80. The van der Waals surface area contributed by atoms with E-state index in [0.717, 1.165) is 12.2 Å². The zero-order valence-corrected chi connectivity index (χ0v) is 6.41. The minimum atomic E-state index is 0.833. The summed E-state index contributed by atoms with van der Waals surface area (Å²) in [5.74, 6) is 0. The van der Waals surface area contributed by atoms with Gasteiger partial charge in [0, 0.05) is 6.21 Å².